The van der Waals surface area contributed by atoms with E-state index in [1.165, 1.54) is 23.4 Å². The van der Waals surface area contributed by atoms with E-state index in [1.807, 2.05) is 0 Å². The number of amides is 2. The zero-order valence-electron chi connectivity index (χ0n) is 15.8. The first-order chi connectivity index (χ1) is 13.2. The summed E-state index contributed by atoms with van der Waals surface area (Å²) >= 11 is 0. The summed E-state index contributed by atoms with van der Waals surface area (Å²) in [6.45, 7) is 3.75. The molecule has 1 N–H and O–H groups in total. The number of aryl methyl sites for hydroxylation is 1. The van der Waals surface area contributed by atoms with Crippen molar-refractivity contribution >= 4 is 22.8 Å². The zero-order chi connectivity index (χ0) is 19.1. The summed E-state index contributed by atoms with van der Waals surface area (Å²) in [6.07, 6.45) is 1.74. The third-order valence-corrected chi connectivity index (χ3v) is 5.04. The van der Waals surface area contributed by atoms with E-state index in [9.17, 15) is 9.59 Å². The van der Waals surface area contributed by atoms with Gasteiger partial charge in [0.2, 0.25) is 0 Å². The Kier molecular flexibility index (Phi) is 6.65. The van der Waals surface area contributed by atoms with Gasteiger partial charge in [0.15, 0.2) is 6.61 Å². The van der Waals surface area contributed by atoms with Crippen LogP contribution in [0.3, 0.4) is 0 Å². The first-order valence-electron chi connectivity index (χ1n) is 9.48. The van der Waals surface area contributed by atoms with E-state index in [0.717, 1.165) is 32.5 Å². The summed E-state index contributed by atoms with van der Waals surface area (Å²) in [6, 6.07) is 15.0. The number of benzene rings is 2. The molecule has 0 atom stereocenters. The molecule has 1 heterocycles. The Bertz CT molecular complexity index is 780. The Morgan fingerprint density at radius 1 is 1.04 bits per heavy atom. The predicted molar refractivity (Wildman–Crippen MR) is 106 cm³/mol. The summed E-state index contributed by atoms with van der Waals surface area (Å²) in [5.41, 5.74) is 1.39. The fourth-order valence-electron chi connectivity index (χ4n) is 3.45. The number of ether oxygens (including phenoxy) is 1. The molecule has 0 aromatic heterocycles. The van der Waals surface area contributed by atoms with Crippen LogP contribution in [0.4, 0.5) is 4.79 Å². The molecule has 1 aliphatic heterocycles. The van der Waals surface area contributed by atoms with Crippen LogP contribution in [-0.4, -0.2) is 68.2 Å². The maximum atomic E-state index is 12.0. The van der Waals surface area contributed by atoms with Gasteiger partial charge in [-0.1, -0.05) is 42.5 Å². The van der Waals surface area contributed by atoms with Crippen LogP contribution >= 0.6 is 0 Å². The molecule has 2 aromatic carbocycles. The van der Waals surface area contributed by atoms with Crippen molar-refractivity contribution < 1.29 is 14.3 Å². The standard InChI is InChI=1S/C21H27N3O3/c1-22-20(25)16-27-21(26)24-14-12-23(13-15-24)11-5-9-18-8-4-7-17-6-2-3-10-19(17)18/h2-4,6-8,10H,5,9,11-16H2,1H3,(H,22,25). The number of carbonyl (C=O) groups excluding carboxylic acids is 2. The van der Waals surface area contributed by atoms with Gasteiger partial charge in [0, 0.05) is 33.2 Å². The van der Waals surface area contributed by atoms with E-state index >= 15 is 0 Å². The molecule has 1 fully saturated rings. The summed E-state index contributed by atoms with van der Waals surface area (Å²) < 4.78 is 5.01. The summed E-state index contributed by atoms with van der Waals surface area (Å²) in [7, 11) is 1.52. The van der Waals surface area contributed by atoms with Crippen molar-refractivity contribution in [3.63, 3.8) is 0 Å². The van der Waals surface area contributed by atoms with Crippen molar-refractivity contribution in [2.75, 3.05) is 46.4 Å². The highest BCUT2D eigenvalue weighted by Gasteiger charge is 2.22. The Hall–Kier alpha value is -2.60. The van der Waals surface area contributed by atoms with Gasteiger partial charge < -0.3 is 15.0 Å². The molecule has 144 valence electrons. The summed E-state index contributed by atoms with van der Waals surface area (Å²) in [5, 5.41) is 5.06. The lowest BCUT2D eigenvalue weighted by atomic mass is 10.0. The van der Waals surface area contributed by atoms with Gasteiger partial charge in [-0.05, 0) is 35.7 Å². The molecule has 27 heavy (non-hydrogen) atoms. The molecule has 6 nitrogen and oxygen atoms in total. The second-order valence-electron chi connectivity index (χ2n) is 6.80. The van der Waals surface area contributed by atoms with E-state index in [-0.39, 0.29) is 12.5 Å². The maximum absolute atomic E-state index is 12.0. The molecule has 0 aliphatic carbocycles. The van der Waals surface area contributed by atoms with Crippen LogP contribution in [0, 0.1) is 0 Å². The van der Waals surface area contributed by atoms with Crippen LogP contribution in [0.25, 0.3) is 10.8 Å². The number of nitrogens with zero attached hydrogens (tertiary/aromatic N) is 2. The molecule has 6 heteroatoms. The van der Waals surface area contributed by atoms with Gasteiger partial charge in [-0.15, -0.1) is 0 Å². The van der Waals surface area contributed by atoms with Crippen LogP contribution < -0.4 is 5.32 Å². The van der Waals surface area contributed by atoms with Gasteiger partial charge in [0.05, 0.1) is 0 Å². The van der Waals surface area contributed by atoms with Gasteiger partial charge in [-0.2, -0.15) is 0 Å². The number of rotatable bonds is 6. The average Bonchev–Trinajstić information content (AvgIpc) is 2.72. The number of nitrogens with one attached hydrogen (secondary N) is 1. The van der Waals surface area contributed by atoms with Crippen molar-refractivity contribution in [3.05, 3.63) is 48.0 Å². The Morgan fingerprint density at radius 3 is 2.56 bits per heavy atom. The van der Waals surface area contributed by atoms with Crippen molar-refractivity contribution in [2.45, 2.75) is 12.8 Å². The van der Waals surface area contributed by atoms with Crippen LogP contribution in [0.2, 0.25) is 0 Å². The van der Waals surface area contributed by atoms with Crippen molar-refractivity contribution in [2.24, 2.45) is 0 Å². The van der Waals surface area contributed by atoms with E-state index in [1.54, 1.807) is 4.90 Å². The largest absolute Gasteiger partial charge is 0.439 e. The van der Waals surface area contributed by atoms with Crippen molar-refractivity contribution in [1.82, 2.24) is 15.1 Å². The second kappa shape index (κ2) is 9.37. The number of likely N-dealkylation sites (N-methyl/N-ethyl adjacent to an activating group) is 1. The van der Waals surface area contributed by atoms with E-state index in [0.29, 0.717) is 13.1 Å². The molecule has 1 aliphatic rings. The van der Waals surface area contributed by atoms with Crippen molar-refractivity contribution in [1.29, 1.82) is 0 Å². The van der Waals surface area contributed by atoms with Crippen LogP contribution in [-0.2, 0) is 16.0 Å². The van der Waals surface area contributed by atoms with Gasteiger partial charge in [-0.3, -0.25) is 9.69 Å². The topological polar surface area (TPSA) is 61.9 Å². The third-order valence-electron chi connectivity index (χ3n) is 5.04. The van der Waals surface area contributed by atoms with Gasteiger partial charge >= 0.3 is 6.09 Å². The van der Waals surface area contributed by atoms with Crippen LogP contribution in [0.1, 0.15) is 12.0 Å². The smallest absolute Gasteiger partial charge is 0.410 e. The zero-order valence-corrected chi connectivity index (χ0v) is 15.8. The first kappa shape index (κ1) is 19.2. The monoisotopic (exact) mass is 369 g/mol. The Balaban J connectivity index is 1.41. The molecule has 0 bridgehead atoms. The lowest BCUT2D eigenvalue weighted by Crippen LogP contribution is -2.49. The number of fused-ring (bicyclic) bond motifs is 1. The third kappa shape index (κ3) is 5.20. The Morgan fingerprint density at radius 2 is 1.78 bits per heavy atom. The molecular weight excluding hydrogens is 342 g/mol. The molecular formula is C21H27N3O3. The van der Waals surface area contributed by atoms with Gasteiger partial charge in [0.1, 0.15) is 0 Å². The SMILES string of the molecule is CNC(=O)COC(=O)N1CCN(CCCc2cccc3ccccc23)CC1. The number of hydrogen-bond acceptors (Lipinski definition) is 4. The molecule has 2 aromatic rings. The Labute approximate surface area is 160 Å². The van der Waals surface area contributed by atoms with Gasteiger partial charge in [0.25, 0.3) is 5.91 Å². The summed E-state index contributed by atoms with van der Waals surface area (Å²) in [5.74, 6) is -0.296. The number of piperazine rings is 1. The molecule has 3 rings (SSSR count). The fourth-order valence-corrected chi connectivity index (χ4v) is 3.45. The van der Waals surface area contributed by atoms with Crippen molar-refractivity contribution in [3.8, 4) is 0 Å². The fraction of sp³-hybridized carbons (Fsp3) is 0.429. The number of carbonyl (C=O) groups is 2. The maximum Gasteiger partial charge on any atom is 0.410 e. The highest BCUT2D eigenvalue weighted by molar-refractivity contribution is 5.85. The minimum Gasteiger partial charge on any atom is -0.439 e. The molecule has 2 amide bonds. The van der Waals surface area contributed by atoms with Crippen LogP contribution in [0.5, 0.6) is 0 Å². The molecule has 0 radical (unpaired) electrons. The lowest BCUT2D eigenvalue weighted by Gasteiger charge is -2.34. The number of hydrogen-bond donors (Lipinski definition) is 1. The molecule has 1 saturated heterocycles. The van der Waals surface area contributed by atoms with E-state index in [2.05, 4.69) is 52.7 Å². The first-order valence-corrected chi connectivity index (χ1v) is 9.48. The minimum absolute atomic E-state index is 0.222. The molecule has 0 unspecified atom stereocenters. The van der Waals surface area contributed by atoms with E-state index in [4.69, 9.17) is 4.74 Å². The second-order valence-corrected chi connectivity index (χ2v) is 6.80. The average molecular weight is 369 g/mol. The van der Waals surface area contributed by atoms with Crippen LogP contribution in [0.15, 0.2) is 42.5 Å². The molecule has 0 spiro atoms. The highest BCUT2D eigenvalue weighted by atomic mass is 16.6. The lowest BCUT2D eigenvalue weighted by molar-refractivity contribution is -0.123. The summed E-state index contributed by atoms with van der Waals surface area (Å²) in [4.78, 5) is 27.2. The minimum atomic E-state index is -0.408. The van der Waals surface area contributed by atoms with Gasteiger partial charge in [-0.25, -0.2) is 4.79 Å². The highest BCUT2D eigenvalue weighted by Crippen LogP contribution is 2.20. The van der Waals surface area contributed by atoms with E-state index < -0.39 is 6.09 Å². The predicted octanol–water partition coefficient (Wildman–Crippen LogP) is 2.27. The quantitative estimate of drug-likeness (QED) is 0.849. The molecule has 0 saturated carbocycles. The normalized spacial score (nSPS) is 14.9.